The molecule has 100 valence electrons. The molecule has 0 unspecified atom stereocenters. The molecular formula is C12H16O6. The highest BCUT2D eigenvalue weighted by Gasteiger charge is 2.38. The van der Waals surface area contributed by atoms with Gasteiger partial charge in [0, 0.05) is 0 Å². The van der Waals surface area contributed by atoms with Crippen molar-refractivity contribution >= 4 is 0 Å². The van der Waals surface area contributed by atoms with E-state index in [4.69, 9.17) is 14.2 Å². The molecule has 4 atom stereocenters. The van der Waals surface area contributed by atoms with Crippen LogP contribution in [0.4, 0.5) is 0 Å². The highest BCUT2D eigenvalue weighted by Crippen LogP contribution is 2.22. The van der Waals surface area contributed by atoms with E-state index in [2.05, 4.69) is 0 Å². The van der Waals surface area contributed by atoms with Gasteiger partial charge in [0.25, 0.3) is 0 Å². The molecule has 0 amide bonds. The number of benzene rings is 1. The van der Waals surface area contributed by atoms with Gasteiger partial charge < -0.3 is 29.5 Å². The van der Waals surface area contributed by atoms with Crippen LogP contribution in [-0.2, 0) is 4.74 Å². The third-order valence-electron chi connectivity index (χ3n) is 2.77. The lowest BCUT2D eigenvalue weighted by molar-refractivity contribution is -0.242. The van der Waals surface area contributed by atoms with E-state index in [-0.39, 0.29) is 6.61 Å². The molecule has 1 saturated heterocycles. The second kappa shape index (κ2) is 5.53. The normalized spacial score (nSPS) is 32.0. The SMILES string of the molecule is COc1ccc(O[C@@H]2OC[C@H](O)[C@H](O)[C@H]2O)cc1. The van der Waals surface area contributed by atoms with E-state index in [1.54, 1.807) is 31.4 Å². The summed E-state index contributed by atoms with van der Waals surface area (Å²) in [5.74, 6) is 1.16. The number of rotatable bonds is 3. The molecule has 1 aliphatic rings. The highest BCUT2D eigenvalue weighted by atomic mass is 16.7. The molecule has 0 saturated carbocycles. The minimum absolute atomic E-state index is 0.0843. The Hall–Kier alpha value is -1.34. The van der Waals surface area contributed by atoms with E-state index < -0.39 is 24.6 Å². The summed E-state index contributed by atoms with van der Waals surface area (Å²) in [4.78, 5) is 0. The Labute approximate surface area is 104 Å². The first kappa shape index (κ1) is 13.1. The molecule has 1 aromatic rings. The Morgan fingerprint density at radius 1 is 1.06 bits per heavy atom. The van der Waals surface area contributed by atoms with Gasteiger partial charge in [0.15, 0.2) is 0 Å². The largest absolute Gasteiger partial charge is 0.497 e. The number of hydrogen-bond donors (Lipinski definition) is 3. The van der Waals surface area contributed by atoms with E-state index in [0.29, 0.717) is 11.5 Å². The van der Waals surface area contributed by atoms with Crippen molar-refractivity contribution in [3.63, 3.8) is 0 Å². The topological polar surface area (TPSA) is 88.4 Å². The first-order chi connectivity index (χ1) is 8.61. The third kappa shape index (κ3) is 2.73. The lowest BCUT2D eigenvalue weighted by atomic mass is 10.1. The lowest BCUT2D eigenvalue weighted by Gasteiger charge is -2.34. The van der Waals surface area contributed by atoms with Crippen molar-refractivity contribution in [2.24, 2.45) is 0 Å². The van der Waals surface area contributed by atoms with Crippen LogP contribution in [0.5, 0.6) is 11.5 Å². The Morgan fingerprint density at radius 2 is 1.67 bits per heavy atom. The minimum atomic E-state index is -1.30. The molecule has 0 spiro atoms. The van der Waals surface area contributed by atoms with Gasteiger partial charge in [0.1, 0.15) is 29.8 Å². The second-order valence-corrected chi connectivity index (χ2v) is 4.04. The summed E-state index contributed by atoms with van der Waals surface area (Å²) in [7, 11) is 1.56. The maximum atomic E-state index is 9.69. The number of ether oxygens (including phenoxy) is 3. The van der Waals surface area contributed by atoms with E-state index in [0.717, 1.165) is 0 Å². The predicted octanol–water partition coefficient (Wildman–Crippen LogP) is -0.487. The zero-order chi connectivity index (χ0) is 13.1. The molecule has 1 aromatic carbocycles. The molecule has 1 heterocycles. The molecule has 0 aliphatic carbocycles. The standard InChI is InChI=1S/C12H16O6/c1-16-7-2-4-8(5-3-7)18-12-11(15)10(14)9(13)6-17-12/h2-5,9-15H,6H2,1H3/t9-,10-,11+,12-/m0/s1. The van der Waals surface area contributed by atoms with Crippen LogP contribution in [0.15, 0.2) is 24.3 Å². The van der Waals surface area contributed by atoms with Crippen LogP contribution < -0.4 is 9.47 Å². The van der Waals surface area contributed by atoms with Gasteiger partial charge in [-0.25, -0.2) is 0 Å². The monoisotopic (exact) mass is 256 g/mol. The Balaban J connectivity index is 2.00. The zero-order valence-electron chi connectivity index (χ0n) is 9.89. The molecule has 6 nitrogen and oxygen atoms in total. The Kier molecular flexibility index (Phi) is 4.03. The molecule has 1 fully saturated rings. The fourth-order valence-electron chi connectivity index (χ4n) is 1.67. The number of methoxy groups -OCH3 is 1. The molecule has 0 radical (unpaired) electrons. The maximum Gasteiger partial charge on any atom is 0.228 e. The van der Waals surface area contributed by atoms with Crippen LogP contribution >= 0.6 is 0 Å². The van der Waals surface area contributed by atoms with E-state index in [1.165, 1.54) is 0 Å². The molecule has 0 bridgehead atoms. The van der Waals surface area contributed by atoms with Crippen molar-refractivity contribution in [1.82, 2.24) is 0 Å². The van der Waals surface area contributed by atoms with Gasteiger partial charge in [0.05, 0.1) is 13.7 Å². The van der Waals surface area contributed by atoms with Crippen LogP contribution in [0.1, 0.15) is 0 Å². The van der Waals surface area contributed by atoms with Crippen molar-refractivity contribution in [3.8, 4) is 11.5 Å². The smallest absolute Gasteiger partial charge is 0.228 e. The first-order valence-electron chi connectivity index (χ1n) is 5.58. The number of hydrogen-bond acceptors (Lipinski definition) is 6. The zero-order valence-corrected chi connectivity index (χ0v) is 9.89. The molecule has 1 aliphatic heterocycles. The van der Waals surface area contributed by atoms with Crippen molar-refractivity contribution in [3.05, 3.63) is 24.3 Å². The average molecular weight is 256 g/mol. The fraction of sp³-hybridized carbons (Fsp3) is 0.500. The van der Waals surface area contributed by atoms with Crippen LogP contribution in [0.3, 0.4) is 0 Å². The summed E-state index contributed by atoms with van der Waals surface area (Å²) >= 11 is 0. The summed E-state index contributed by atoms with van der Waals surface area (Å²) in [6, 6.07) is 6.73. The van der Waals surface area contributed by atoms with Crippen molar-refractivity contribution < 1.29 is 29.5 Å². The van der Waals surface area contributed by atoms with E-state index in [9.17, 15) is 15.3 Å². The van der Waals surface area contributed by atoms with Gasteiger partial charge in [-0.1, -0.05) is 0 Å². The van der Waals surface area contributed by atoms with Gasteiger partial charge in [-0.15, -0.1) is 0 Å². The molecule has 3 N–H and O–H groups in total. The average Bonchev–Trinajstić information content (AvgIpc) is 2.40. The van der Waals surface area contributed by atoms with Gasteiger partial charge in [-0.2, -0.15) is 0 Å². The van der Waals surface area contributed by atoms with E-state index in [1.807, 2.05) is 0 Å². The predicted molar refractivity (Wildman–Crippen MR) is 61.4 cm³/mol. The maximum absolute atomic E-state index is 9.69. The fourth-order valence-corrected chi connectivity index (χ4v) is 1.67. The molecular weight excluding hydrogens is 240 g/mol. The van der Waals surface area contributed by atoms with Crippen molar-refractivity contribution in [2.45, 2.75) is 24.6 Å². The third-order valence-corrected chi connectivity index (χ3v) is 2.77. The Bertz CT molecular complexity index is 379. The van der Waals surface area contributed by atoms with Gasteiger partial charge >= 0.3 is 0 Å². The highest BCUT2D eigenvalue weighted by molar-refractivity contribution is 5.31. The van der Waals surface area contributed by atoms with Crippen LogP contribution in [-0.4, -0.2) is 53.6 Å². The molecule has 6 heteroatoms. The summed E-state index contributed by atoms with van der Waals surface area (Å²) < 4.78 is 15.5. The summed E-state index contributed by atoms with van der Waals surface area (Å²) in [6.07, 6.45) is -4.68. The van der Waals surface area contributed by atoms with Gasteiger partial charge in [0.2, 0.25) is 6.29 Å². The quantitative estimate of drug-likeness (QED) is 0.676. The van der Waals surface area contributed by atoms with Gasteiger partial charge in [-0.05, 0) is 24.3 Å². The lowest BCUT2D eigenvalue weighted by Crippen LogP contribution is -2.54. The minimum Gasteiger partial charge on any atom is -0.497 e. The molecule has 2 rings (SSSR count). The first-order valence-corrected chi connectivity index (χ1v) is 5.58. The molecule has 0 aromatic heterocycles. The van der Waals surface area contributed by atoms with Crippen LogP contribution in [0, 0.1) is 0 Å². The number of aliphatic hydroxyl groups is 3. The number of aliphatic hydroxyl groups excluding tert-OH is 3. The van der Waals surface area contributed by atoms with Gasteiger partial charge in [-0.3, -0.25) is 0 Å². The summed E-state index contributed by atoms with van der Waals surface area (Å²) in [6.45, 7) is -0.0843. The van der Waals surface area contributed by atoms with Crippen LogP contribution in [0.25, 0.3) is 0 Å². The van der Waals surface area contributed by atoms with Crippen molar-refractivity contribution in [2.75, 3.05) is 13.7 Å². The summed E-state index contributed by atoms with van der Waals surface area (Å²) in [5.41, 5.74) is 0. The van der Waals surface area contributed by atoms with Crippen LogP contribution in [0.2, 0.25) is 0 Å². The molecule has 18 heavy (non-hydrogen) atoms. The van der Waals surface area contributed by atoms with Crippen molar-refractivity contribution in [1.29, 1.82) is 0 Å². The summed E-state index contributed by atoms with van der Waals surface area (Å²) in [5, 5.41) is 28.5. The van der Waals surface area contributed by atoms with E-state index >= 15 is 0 Å². The Morgan fingerprint density at radius 3 is 2.28 bits per heavy atom. The second-order valence-electron chi connectivity index (χ2n) is 4.04.